The summed E-state index contributed by atoms with van der Waals surface area (Å²) in [6, 6.07) is 7.68. The maximum absolute atomic E-state index is 11.9. The molecule has 0 saturated carbocycles. The average molecular weight is 388 g/mol. The Hall–Kier alpha value is -0.910. The van der Waals surface area contributed by atoms with Crippen LogP contribution in [0.5, 0.6) is 0 Å². The molecule has 0 unspecified atom stereocenters. The van der Waals surface area contributed by atoms with E-state index in [0.717, 1.165) is 34.8 Å². The average Bonchev–Trinajstić information content (AvgIpc) is 2.42. The van der Waals surface area contributed by atoms with Crippen molar-refractivity contribution in [1.82, 2.24) is 0 Å². The van der Waals surface area contributed by atoms with Crippen LogP contribution in [0.25, 0.3) is 0 Å². The van der Waals surface area contributed by atoms with Gasteiger partial charge < -0.3 is 4.74 Å². The molecular weight excluding hydrogens is 367 g/mol. The Morgan fingerprint density at radius 3 is 2.45 bits per heavy atom. The number of carbonyl (C=O) groups excluding carboxylic acids is 2. The van der Waals surface area contributed by atoms with Crippen LogP contribution in [0.4, 0.5) is 0 Å². The molecule has 0 fully saturated rings. The number of esters is 1. The van der Waals surface area contributed by atoms with Gasteiger partial charge in [-0.2, -0.15) is 0 Å². The van der Waals surface area contributed by atoms with Gasteiger partial charge in [0.1, 0.15) is 0 Å². The lowest BCUT2D eigenvalue weighted by Crippen LogP contribution is -2.03. The van der Waals surface area contributed by atoms with E-state index in [-0.39, 0.29) is 11.8 Å². The third-order valence-corrected chi connectivity index (χ3v) is 3.66. The molecule has 1 aromatic carbocycles. The second kappa shape index (κ2) is 9.91. The highest BCUT2D eigenvalue weighted by Gasteiger charge is 2.06. The first-order valence-corrected chi connectivity index (χ1v) is 8.15. The second-order valence-electron chi connectivity index (χ2n) is 4.65. The van der Waals surface area contributed by atoms with Gasteiger partial charge in [0.25, 0.3) is 0 Å². The second-order valence-corrected chi connectivity index (χ2v) is 5.90. The predicted molar refractivity (Wildman–Crippen MR) is 87.8 cm³/mol. The molecule has 0 aromatic heterocycles. The Balaban J connectivity index is 2.12. The summed E-state index contributed by atoms with van der Waals surface area (Å²) in [6.45, 7) is 2.26. The number of halogens is 1. The number of Topliss-reactive ketones (excluding diaryl/α,β-unsaturated/α-hetero) is 1. The van der Waals surface area contributed by atoms with Gasteiger partial charge in [0.05, 0.1) is 6.61 Å². The molecule has 0 aliphatic carbocycles. The fourth-order valence-corrected chi connectivity index (χ4v) is 2.49. The molecule has 0 spiro atoms. The van der Waals surface area contributed by atoms with Gasteiger partial charge in [-0.15, -0.1) is 0 Å². The van der Waals surface area contributed by atoms with Crippen LogP contribution in [-0.4, -0.2) is 18.4 Å². The summed E-state index contributed by atoms with van der Waals surface area (Å²) in [5.74, 6) is 0.0799. The van der Waals surface area contributed by atoms with Crippen LogP contribution in [0, 0.1) is 3.57 Å². The number of ether oxygens (including phenoxy) is 1. The molecule has 0 bridgehead atoms. The SMILES string of the molecule is CCOC(=O)CCCCCCC(=O)c1cccc(I)c1. The van der Waals surface area contributed by atoms with Crippen molar-refractivity contribution in [2.75, 3.05) is 6.61 Å². The highest BCUT2D eigenvalue weighted by molar-refractivity contribution is 14.1. The van der Waals surface area contributed by atoms with Crippen molar-refractivity contribution in [2.24, 2.45) is 0 Å². The number of carbonyl (C=O) groups is 2. The summed E-state index contributed by atoms with van der Waals surface area (Å²) in [7, 11) is 0. The number of hydrogen-bond donors (Lipinski definition) is 0. The van der Waals surface area contributed by atoms with Crippen LogP contribution >= 0.6 is 22.6 Å². The van der Waals surface area contributed by atoms with E-state index in [4.69, 9.17) is 4.74 Å². The topological polar surface area (TPSA) is 43.4 Å². The Kier molecular flexibility index (Phi) is 8.49. The molecule has 4 heteroatoms. The van der Waals surface area contributed by atoms with Crippen molar-refractivity contribution in [2.45, 2.75) is 45.4 Å². The van der Waals surface area contributed by atoms with Crippen LogP contribution in [0.3, 0.4) is 0 Å². The largest absolute Gasteiger partial charge is 0.466 e. The predicted octanol–water partition coefficient (Wildman–Crippen LogP) is 4.38. The normalized spacial score (nSPS) is 10.3. The lowest BCUT2D eigenvalue weighted by Gasteiger charge is -2.03. The monoisotopic (exact) mass is 388 g/mol. The zero-order valence-corrected chi connectivity index (χ0v) is 14.0. The van der Waals surface area contributed by atoms with Crippen molar-refractivity contribution in [1.29, 1.82) is 0 Å². The van der Waals surface area contributed by atoms with Gasteiger partial charge in [-0.25, -0.2) is 0 Å². The van der Waals surface area contributed by atoms with E-state index < -0.39 is 0 Å². The van der Waals surface area contributed by atoms with Crippen molar-refractivity contribution in [3.63, 3.8) is 0 Å². The molecule has 0 aliphatic heterocycles. The summed E-state index contributed by atoms with van der Waals surface area (Å²) in [4.78, 5) is 23.1. The van der Waals surface area contributed by atoms with Crippen LogP contribution in [-0.2, 0) is 9.53 Å². The fourth-order valence-electron chi connectivity index (χ4n) is 1.95. The zero-order valence-electron chi connectivity index (χ0n) is 11.9. The molecule has 1 rings (SSSR count). The fraction of sp³-hybridized carbons (Fsp3) is 0.500. The van der Waals surface area contributed by atoms with Crippen molar-refractivity contribution >= 4 is 34.3 Å². The molecule has 0 saturated heterocycles. The maximum Gasteiger partial charge on any atom is 0.305 e. The molecule has 0 heterocycles. The Morgan fingerprint density at radius 1 is 1.10 bits per heavy atom. The number of hydrogen-bond acceptors (Lipinski definition) is 3. The van der Waals surface area contributed by atoms with E-state index in [0.29, 0.717) is 19.4 Å². The lowest BCUT2D eigenvalue weighted by atomic mass is 10.0. The highest BCUT2D eigenvalue weighted by Crippen LogP contribution is 2.13. The number of rotatable bonds is 9. The molecule has 0 amide bonds. The quantitative estimate of drug-likeness (QED) is 0.273. The van der Waals surface area contributed by atoms with Crippen molar-refractivity contribution < 1.29 is 14.3 Å². The minimum Gasteiger partial charge on any atom is -0.466 e. The molecule has 20 heavy (non-hydrogen) atoms. The highest BCUT2D eigenvalue weighted by atomic mass is 127. The smallest absolute Gasteiger partial charge is 0.305 e. The van der Waals surface area contributed by atoms with Gasteiger partial charge in [-0.05, 0) is 54.5 Å². The molecular formula is C16H21IO3. The molecule has 0 atom stereocenters. The van der Waals surface area contributed by atoms with E-state index in [1.165, 1.54) is 0 Å². The molecule has 0 aliphatic rings. The summed E-state index contributed by atoms with van der Waals surface area (Å²) in [5.41, 5.74) is 0.795. The molecule has 1 aromatic rings. The van der Waals surface area contributed by atoms with Crippen LogP contribution in [0.2, 0.25) is 0 Å². The number of benzene rings is 1. The molecule has 0 radical (unpaired) electrons. The van der Waals surface area contributed by atoms with Gasteiger partial charge in [0, 0.05) is 22.0 Å². The third kappa shape index (κ3) is 7.03. The minimum absolute atomic E-state index is 0.123. The van der Waals surface area contributed by atoms with Gasteiger partial charge >= 0.3 is 5.97 Å². The number of ketones is 1. The minimum atomic E-state index is -0.123. The maximum atomic E-state index is 11.9. The summed E-state index contributed by atoms with van der Waals surface area (Å²) < 4.78 is 5.95. The van der Waals surface area contributed by atoms with E-state index in [9.17, 15) is 9.59 Å². The van der Waals surface area contributed by atoms with E-state index in [2.05, 4.69) is 22.6 Å². The summed E-state index contributed by atoms with van der Waals surface area (Å²) in [6.07, 6.45) is 4.75. The van der Waals surface area contributed by atoms with Crippen LogP contribution in [0.1, 0.15) is 55.8 Å². The van der Waals surface area contributed by atoms with Crippen LogP contribution in [0.15, 0.2) is 24.3 Å². The van der Waals surface area contributed by atoms with Gasteiger partial charge in [0.2, 0.25) is 0 Å². The van der Waals surface area contributed by atoms with E-state index in [1.807, 2.05) is 31.2 Å². The van der Waals surface area contributed by atoms with Crippen LogP contribution < -0.4 is 0 Å². The molecule has 0 N–H and O–H groups in total. The first-order chi connectivity index (χ1) is 9.63. The standard InChI is InChI=1S/C16H21IO3/c1-2-20-16(19)11-6-4-3-5-10-15(18)13-8-7-9-14(17)12-13/h7-9,12H,2-6,10-11H2,1H3. The molecule has 110 valence electrons. The van der Waals surface area contributed by atoms with E-state index >= 15 is 0 Å². The van der Waals surface area contributed by atoms with Gasteiger partial charge in [-0.1, -0.05) is 25.0 Å². The first-order valence-electron chi connectivity index (χ1n) is 7.08. The summed E-state index contributed by atoms with van der Waals surface area (Å²) in [5, 5.41) is 0. The van der Waals surface area contributed by atoms with Gasteiger partial charge in [0.15, 0.2) is 5.78 Å². The zero-order chi connectivity index (χ0) is 14.8. The third-order valence-electron chi connectivity index (χ3n) is 2.99. The first kappa shape index (κ1) is 17.1. The van der Waals surface area contributed by atoms with E-state index in [1.54, 1.807) is 0 Å². The Morgan fingerprint density at radius 2 is 1.80 bits per heavy atom. The number of unbranched alkanes of at least 4 members (excludes halogenated alkanes) is 3. The Labute approximate surface area is 134 Å². The van der Waals surface area contributed by atoms with Crippen molar-refractivity contribution in [3.05, 3.63) is 33.4 Å². The summed E-state index contributed by atoms with van der Waals surface area (Å²) >= 11 is 2.21. The molecule has 3 nitrogen and oxygen atoms in total. The Bertz CT molecular complexity index is 443. The van der Waals surface area contributed by atoms with Crippen molar-refractivity contribution in [3.8, 4) is 0 Å². The lowest BCUT2D eigenvalue weighted by molar-refractivity contribution is -0.143. The van der Waals surface area contributed by atoms with Gasteiger partial charge in [-0.3, -0.25) is 9.59 Å².